The molecule has 0 fully saturated rings. The molecule has 0 radical (unpaired) electrons. The van der Waals surface area contributed by atoms with Crippen molar-refractivity contribution >= 4 is 34.9 Å². The number of esters is 1. The third-order valence-corrected chi connectivity index (χ3v) is 3.20. The average molecular weight is 321 g/mol. The molecule has 2 aromatic rings. The zero-order valence-electron chi connectivity index (χ0n) is 12.4. The molecule has 0 amide bonds. The Kier molecular flexibility index (Phi) is 5.55. The molecule has 0 atom stereocenters. The van der Waals surface area contributed by atoms with Crippen molar-refractivity contribution in [3.63, 3.8) is 0 Å². The zero-order chi connectivity index (χ0) is 15.9. The van der Waals surface area contributed by atoms with Crippen LogP contribution in [0.3, 0.4) is 0 Å². The zero-order valence-corrected chi connectivity index (χ0v) is 13.1. The molecule has 0 aliphatic rings. The molecule has 6 nitrogen and oxygen atoms in total. The summed E-state index contributed by atoms with van der Waals surface area (Å²) >= 11 is 6.14. The minimum Gasteiger partial charge on any atom is -0.465 e. The van der Waals surface area contributed by atoms with Crippen LogP contribution in [0.5, 0.6) is 0 Å². The van der Waals surface area contributed by atoms with Crippen molar-refractivity contribution in [1.29, 1.82) is 0 Å². The van der Waals surface area contributed by atoms with Crippen LogP contribution in [-0.4, -0.2) is 29.6 Å². The highest BCUT2D eigenvalue weighted by Gasteiger charge is 2.10. The molecule has 7 heteroatoms. The van der Waals surface area contributed by atoms with E-state index in [1.807, 2.05) is 0 Å². The van der Waals surface area contributed by atoms with Crippen molar-refractivity contribution in [2.75, 3.05) is 24.3 Å². The maximum absolute atomic E-state index is 11.6. The third-order valence-electron chi connectivity index (χ3n) is 2.87. The highest BCUT2D eigenvalue weighted by atomic mass is 35.5. The summed E-state index contributed by atoms with van der Waals surface area (Å²) in [5.74, 6) is 0.879. The number of ether oxygens (including phenoxy) is 1. The Morgan fingerprint density at radius 2 is 2.05 bits per heavy atom. The van der Waals surface area contributed by atoms with E-state index >= 15 is 0 Å². The monoisotopic (exact) mass is 320 g/mol. The van der Waals surface area contributed by atoms with Gasteiger partial charge in [0, 0.05) is 12.6 Å². The summed E-state index contributed by atoms with van der Waals surface area (Å²) in [4.78, 5) is 19.8. The number of aromatic nitrogens is 2. The molecule has 2 N–H and O–H groups in total. The fourth-order valence-electron chi connectivity index (χ4n) is 1.78. The average Bonchev–Trinajstić information content (AvgIpc) is 2.54. The number of benzene rings is 1. The Bertz CT molecular complexity index is 664. The van der Waals surface area contributed by atoms with E-state index in [4.69, 9.17) is 16.3 Å². The molecule has 0 saturated carbocycles. The number of carbonyl (C=O) groups is 1. The van der Waals surface area contributed by atoms with Gasteiger partial charge in [0.15, 0.2) is 0 Å². The molecular formula is C15H17ClN4O2. The molecule has 0 aliphatic heterocycles. The topological polar surface area (TPSA) is 76.1 Å². The van der Waals surface area contributed by atoms with E-state index in [1.165, 1.54) is 13.4 Å². The number of carbonyl (C=O) groups excluding carboxylic acids is 1. The first-order valence-corrected chi connectivity index (χ1v) is 7.22. The Labute approximate surface area is 133 Å². The smallest absolute Gasteiger partial charge is 0.337 e. The molecule has 22 heavy (non-hydrogen) atoms. The summed E-state index contributed by atoms with van der Waals surface area (Å²) < 4.78 is 4.70. The molecule has 0 aliphatic carbocycles. The van der Waals surface area contributed by atoms with Gasteiger partial charge in [0.25, 0.3) is 0 Å². The van der Waals surface area contributed by atoms with Crippen LogP contribution in [0, 0.1) is 0 Å². The Morgan fingerprint density at radius 1 is 1.27 bits per heavy atom. The Balaban J connectivity index is 2.21. The van der Waals surface area contributed by atoms with Gasteiger partial charge in [-0.15, -0.1) is 0 Å². The van der Waals surface area contributed by atoms with Gasteiger partial charge in [-0.25, -0.2) is 14.8 Å². The van der Waals surface area contributed by atoms with Gasteiger partial charge in [-0.1, -0.05) is 18.5 Å². The number of halogens is 1. The fraction of sp³-hybridized carbons (Fsp3) is 0.267. The van der Waals surface area contributed by atoms with Crippen molar-refractivity contribution in [2.24, 2.45) is 0 Å². The van der Waals surface area contributed by atoms with Gasteiger partial charge in [-0.3, -0.25) is 0 Å². The van der Waals surface area contributed by atoms with Gasteiger partial charge in [-0.2, -0.15) is 0 Å². The SMILES string of the molecule is CCCNc1cc(Nc2cc(C(=O)OC)ccc2Cl)ncn1. The van der Waals surface area contributed by atoms with Gasteiger partial charge < -0.3 is 15.4 Å². The standard InChI is InChI=1S/C15H17ClN4O2/c1-3-6-17-13-8-14(19-9-18-13)20-12-7-10(15(21)22-2)4-5-11(12)16/h4-5,7-9H,3,6H2,1-2H3,(H2,17,18,19,20). The number of hydrogen-bond acceptors (Lipinski definition) is 6. The fourth-order valence-corrected chi connectivity index (χ4v) is 1.94. The predicted molar refractivity (Wildman–Crippen MR) is 86.9 cm³/mol. The highest BCUT2D eigenvalue weighted by molar-refractivity contribution is 6.33. The lowest BCUT2D eigenvalue weighted by atomic mass is 10.2. The first kappa shape index (κ1) is 16.0. The van der Waals surface area contributed by atoms with Crippen LogP contribution in [-0.2, 0) is 4.74 Å². The summed E-state index contributed by atoms with van der Waals surface area (Å²) in [6, 6.07) is 6.63. The second kappa shape index (κ2) is 7.61. The van der Waals surface area contributed by atoms with E-state index in [0.29, 0.717) is 22.1 Å². The van der Waals surface area contributed by atoms with Gasteiger partial charge in [0.05, 0.1) is 23.4 Å². The number of methoxy groups -OCH3 is 1. The van der Waals surface area contributed by atoms with Crippen LogP contribution in [0.4, 0.5) is 17.3 Å². The van der Waals surface area contributed by atoms with Crippen LogP contribution >= 0.6 is 11.6 Å². The number of nitrogens with one attached hydrogen (secondary N) is 2. The summed E-state index contributed by atoms with van der Waals surface area (Å²) in [7, 11) is 1.33. The second-order valence-corrected chi connectivity index (χ2v) is 4.93. The van der Waals surface area contributed by atoms with E-state index < -0.39 is 5.97 Å². The largest absolute Gasteiger partial charge is 0.465 e. The molecule has 1 aromatic heterocycles. The first-order chi connectivity index (χ1) is 10.6. The Hall–Kier alpha value is -2.34. The molecular weight excluding hydrogens is 304 g/mol. The van der Waals surface area contributed by atoms with Crippen molar-refractivity contribution in [1.82, 2.24) is 9.97 Å². The number of anilines is 3. The number of nitrogens with zero attached hydrogens (tertiary/aromatic N) is 2. The molecule has 1 aromatic carbocycles. The summed E-state index contributed by atoms with van der Waals surface area (Å²) in [5, 5.41) is 6.73. The lowest BCUT2D eigenvalue weighted by molar-refractivity contribution is 0.0601. The minimum atomic E-state index is -0.423. The van der Waals surface area contributed by atoms with E-state index in [2.05, 4.69) is 27.5 Å². The molecule has 2 rings (SSSR count). The normalized spacial score (nSPS) is 10.1. The molecule has 0 spiro atoms. The Morgan fingerprint density at radius 3 is 2.77 bits per heavy atom. The quantitative estimate of drug-likeness (QED) is 0.794. The maximum Gasteiger partial charge on any atom is 0.337 e. The second-order valence-electron chi connectivity index (χ2n) is 4.53. The maximum atomic E-state index is 11.6. The molecule has 0 unspecified atom stereocenters. The molecule has 0 saturated heterocycles. The van der Waals surface area contributed by atoms with Crippen molar-refractivity contribution in [3.05, 3.63) is 41.2 Å². The lowest BCUT2D eigenvalue weighted by Crippen LogP contribution is -2.05. The van der Waals surface area contributed by atoms with Crippen molar-refractivity contribution in [2.45, 2.75) is 13.3 Å². The first-order valence-electron chi connectivity index (χ1n) is 6.85. The molecule has 0 bridgehead atoms. The van der Waals surface area contributed by atoms with Crippen LogP contribution in [0.25, 0.3) is 0 Å². The van der Waals surface area contributed by atoms with E-state index in [0.717, 1.165) is 18.8 Å². The van der Waals surface area contributed by atoms with Crippen molar-refractivity contribution < 1.29 is 9.53 Å². The van der Waals surface area contributed by atoms with Crippen LogP contribution in [0.2, 0.25) is 5.02 Å². The minimum absolute atomic E-state index is 0.410. The summed E-state index contributed by atoms with van der Waals surface area (Å²) in [6.45, 7) is 2.90. The van der Waals surface area contributed by atoms with E-state index in [9.17, 15) is 4.79 Å². The molecule has 116 valence electrons. The van der Waals surface area contributed by atoms with Crippen LogP contribution in [0.1, 0.15) is 23.7 Å². The lowest BCUT2D eigenvalue weighted by Gasteiger charge is -2.10. The number of rotatable bonds is 6. The predicted octanol–water partition coefficient (Wildman–Crippen LogP) is 3.48. The van der Waals surface area contributed by atoms with E-state index in [-0.39, 0.29) is 0 Å². The third kappa shape index (κ3) is 4.08. The summed E-state index contributed by atoms with van der Waals surface area (Å²) in [5.41, 5.74) is 0.984. The van der Waals surface area contributed by atoms with Crippen LogP contribution < -0.4 is 10.6 Å². The van der Waals surface area contributed by atoms with Gasteiger partial charge in [-0.05, 0) is 24.6 Å². The van der Waals surface area contributed by atoms with Crippen molar-refractivity contribution in [3.8, 4) is 0 Å². The van der Waals surface area contributed by atoms with Gasteiger partial charge in [0.1, 0.15) is 18.0 Å². The number of hydrogen-bond donors (Lipinski definition) is 2. The summed E-state index contributed by atoms with van der Waals surface area (Å²) in [6.07, 6.45) is 2.46. The van der Waals surface area contributed by atoms with Gasteiger partial charge >= 0.3 is 5.97 Å². The van der Waals surface area contributed by atoms with Crippen LogP contribution in [0.15, 0.2) is 30.6 Å². The van der Waals surface area contributed by atoms with E-state index in [1.54, 1.807) is 24.3 Å². The highest BCUT2D eigenvalue weighted by Crippen LogP contribution is 2.26. The van der Waals surface area contributed by atoms with Gasteiger partial charge in [0.2, 0.25) is 0 Å². The molecule has 1 heterocycles.